The van der Waals surface area contributed by atoms with Crippen molar-refractivity contribution in [3.63, 3.8) is 0 Å². The van der Waals surface area contributed by atoms with Gasteiger partial charge in [0.05, 0.1) is 5.56 Å². The van der Waals surface area contributed by atoms with Gasteiger partial charge in [0.25, 0.3) is 0 Å². The van der Waals surface area contributed by atoms with E-state index in [0.29, 0.717) is 0 Å². The molecule has 0 amide bonds. The Morgan fingerprint density at radius 1 is 1.64 bits per heavy atom. The van der Waals surface area contributed by atoms with Crippen molar-refractivity contribution < 1.29 is 9.18 Å². The van der Waals surface area contributed by atoms with Gasteiger partial charge in [0.2, 0.25) is 5.95 Å². The third-order valence-electron chi connectivity index (χ3n) is 1.14. The Labute approximate surface area is 74.2 Å². The smallest absolute Gasteiger partial charge is 0.223 e. The van der Waals surface area contributed by atoms with E-state index in [1.807, 2.05) is 0 Å². The van der Waals surface area contributed by atoms with Crippen LogP contribution in [0.1, 0.15) is 17.3 Å². The highest BCUT2D eigenvalue weighted by molar-refractivity contribution is 8.93. The van der Waals surface area contributed by atoms with Crippen LogP contribution in [0, 0.1) is 5.95 Å². The summed E-state index contributed by atoms with van der Waals surface area (Å²) in [5.74, 6) is -0.999. The monoisotopic (exact) mass is 219 g/mol. The van der Waals surface area contributed by atoms with Crippen LogP contribution >= 0.6 is 17.0 Å². The van der Waals surface area contributed by atoms with E-state index < -0.39 is 5.95 Å². The number of hydrogen-bond donors (Lipinski definition) is 0. The van der Waals surface area contributed by atoms with Crippen molar-refractivity contribution in [3.8, 4) is 0 Å². The fraction of sp³-hybridized carbons (Fsp3) is 0.143. The van der Waals surface area contributed by atoms with Crippen molar-refractivity contribution in [3.05, 3.63) is 29.8 Å². The summed E-state index contributed by atoms with van der Waals surface area (Å²) in [5, 5.41) is 0. The average molecular weight is 220 g/mol. The second kappa shape index (κ2) is 4.18. The summed E-state index contributed by atoms with van der Waals surface area (Å²) >= 11 is 0. The summed E-state index contributed by atoms with van der Waals surface area (Å²) < 4.78 is 12.5. The summed E-state index contributed by atoms with van der Waals surface area (Å²) in [7, 11) is 0. The third-order valence-corrected chi connectivity index (χ3v) is 1.14. The van der Waals surface area contributed by atoms with Gasteiger partial charge in [0, 0.05) is 6.20 Å². The van der Waals surface area contributed by atoms with Gasteiger partial charge in [-0.2, -0.15) is 4.39 Å². The Kier molecular flexibility index (Phi) is 3.89. The highest BCUT2D eigenvalue weighted by atomic mass is 79.9. The minimum atomic E-state index is -0.699. The molecule has 4 heteroatoms. The molecule has 0 aliphatic carbocycles. The average Bonchev–Trinajstić information content (AvgIpc) is 1.88. The first-order chi connectivity index (χ1) is 4.72. The highest BCUT2D eigenvalue weighted by Crippen LogP contribution is 2.02. The Morgan fingerprint density at radius 2 is 2.27 bits per heavy atom. The standard InChI is InChI=1S/C7H6FNO.BrH/c1-5(10)6-3-2-4-9-7(6)8;/h2-4H,1H3;1H. The molecule has 0 saturated heterocycles. The largest absolute Gasteiger partial charge is 0.294 e. The Balaban J connectivity index is 0.000001000. The van der Waals surface area contributed by atoms with Gasteiger partial charge in [-0.25, -0.2) is 4.98 Å². The molecule has 0 N–H and O–H groups in total. The van der Waals surface area contributed by atoms with Gasteiger partial charge < -0.3 is 0 Å². The number of nitrogens with zero attached hydrogens (tertiary/aromatic N) is 1. The third kappa shape index (κ3) is 2.38. The molecule has 0 aromatic carbocycles. The van der Waals surface area contributed by atoms with E-state index in [-0.39, 0.29) is 28.3 Å². The highest BCUT2D eigenvalue weighted by Gasteiger charge is 2.04. The summed E-state index contributed by atoms with van der Waals surface area (Å²) in [5.41, 5.74) is 0.0440. The lowest BCUT2D eigenvalue weighted by Crippen LogP contribution is -1.97. The summed E-state index contributed by atoms with van der Waals surface area (Å²) in [6.45, 7) is 1.31. The minimum absolute atomic E-state index is 0. The first kappa shape index (κ1) is 10.2. The number of carbonyl (C=O) groups excluding carboxylic acids is 1. The van der Waals surface area contributed by atoms with Gasteiger partial charge in [0.15, 0.2) is 5.78 Å². The normalized spacial score (nSPS) is 8.55. The maximum Gasteiger partial charge on any atom is 0.223 e. The van der Waals surface area contributed by atoms with Gasteiger partial charge in [-0.3, -0.25) is 4.79 Å². The first-order valence-corrected chi connectivity index (χ1v) is 2.83. The summed E-state index contributed by atoms with van der Waals surface area (Å²) in [6.07, 6.45) is 1.31. The topological polar surface area (TPSA) is 30.0 Å². The van der Waals surface area contributed by atoms with Crippen LogP contribution in [0.15, 0.2) is 18.3 Å². The van der Waals surface area contributed by atoms with Crippen LogP contribution in [0.4, 0.5) is 4.39 Å². The summed E-state index contributed by atoms with van der Waals surface area (Å²) in [6, 6.07) is 2.94. The van der Waals surface area contributed by atoms with E-state index in [1.54, 1.807) is 0 Å². The van der Waals surface area contributed by atoms with Crippen LogP contribution in [-0.2, 0) is 0 Å². The van der Waals surface area contributed by atoms with Crippen molar-refractivity contribution >= 4 is 22.8 Å². The first-order valence-electron chi connectivity index (χ1n) is 2.83. The molecule has 2 nitrogen and oxygen atoms in total. The summed E-state index contributed by atoms with van der Waals surface area (Å²) in [4.78, 5) is 13.9. The predicted octanol–water partition coefficient (Wildman–Crippen LogP) is 2.00. The van der Waals surface area contributed by atoms with Gasteiger partial charge in [0.1, 0.15) is 0 Å². The molecule has 0 spiro atoms. The van der Waals surface area contributed by atoms with Crippen molar-refractivity contribution in [2.24, 2.45) is 0 Å². The lowest BCUT2D eigenvalue weighted by molar-refractivity contribution is 0.101. The van der Waals surface area contributed by atoms with Crippen LogP contribution in [0.25, 0.3) is 0 Å². The van der Waals surface area contributed by atoms with Gasteiger partial charge in [-0.1, -0.05) is 0 Å². The van der Waals surface area contributed by atoms with Crippen molar-refractivity contribution in [1.29, 1.82) is 0 Å². The Morgan fingerprint density at radius 3 is 2.64 bits per heavy atom. The molecule has 0 unspecified atom stereocenters. The maximum absolute atomic E-state index is 12.5. The molecule has 1 heterocycles. The number of pyridine rings is 1. The molecule has 1 aromatic rings. The number of Topliss-reactive ketones (excluding diaryl/α,β-unsaturated/α-hetero) is 1. The predicted molar refractivity (Wildman–Crippen MR) is 44.5 cm³/mol. The zero-order valence-electron chi connectivity index (χ0n) is 5.87. The van der Waals surface area contributed by atoms with Crippen LogP contribution in [0.2, 0.25) is 0 Å². The molecule has 0 aliphatic heterocycles. The zero-order chi connectivity index (χ0) is 7.56. The maximum atomic E-state index is 12.5. The lowest BCUT2D eigenvalue weighted by atomic mass is 10.2. The van der Waals surface area contributed by atoms with Crippen LogP contribution < -0.4 is 0 Å². The van der Waals surface area contributed by atoms with E-state index in [2.05, 4.69) is 4.98 Å². The van der Waals surface area contributed by atoms with E-state index >= 15 is 0 Å². The quantitative estimate of drug-likeness (QED) is 0.535. The van der Waals surface area contributed by atoms with Crippen LogP contribution in [0.5, 0.6) is 0 Å². The van der Waals surface area contributed by atoms with Gasteiger partial charge in [-0.15, -0.1) is 17.0 Å². The van der Waals surface area contributed by atoms with Crippen molar-refractivity contribution in [1.82, 2.24) is 4.98 Å². The zero-order valence-corrected chi connectivity index (χ0v) is 7.59. The Bertz CT molecular complexity index is 264. The SMILES string of the molecule is Br.CC(=O)c1cccnc1F. The minimum Gasteiger partial charge on any atom is -0.294 e. The molecule has 0 bridgehead atoms. The number of hydrogen-bond acceptors (Lipinski definition) is 2. The van der Waals surface area contributed by atoms with E-state index in [1.165, 1.54) is 25.3 Å². The molecule has 0 saturated carbocycles. The molecular formula is C7H7BrFNO. The number of rotatable bonds is 1. The number of halogens is 2. The van der Waals surface area contributed by atoms with E-state index in [9.17, 15) is 9.18 Å². The number of ketones is 1. The molecular weight excluding hydrogens is 213 g/mol. The van der Waals surface area contributed by atoms with Crippen molar-refractivity contribution in [2.45, 2.75) is 6.92 Å². The second-order valence-corrected chi connectivity index (χ2v) is 1.90. The fourth-order valence-electron chi connectivity index (χ4n) is 0.649. The van der Waals surface area contributed by atoms with Gasteiger partial charge in [-0.05, 0) is 19.1 Å². The van der Waals surface area contributed by atoms with E-state index in [4.69, 9.17) is 0 Å². The van der Waals surface area contributed by atoms with Crippen LogP contribution in [0.3, 0.4) is 0 Å². The molecule has 0 radical (unpaired) electrons. The molecule has 1 rings (SSSR count). The molecule has 0 atom stereocenters. The molecule has 11 heavy (non-hydrogen) atoms. The van der Waals surface area contributed by atoms with Gasteiger partial charge >= 0.3 is 0 Å². The number of carbonyl (C=O) groups is 1. The Hall–Kier alpha value is -0.770. The van der Waals surface area contributed by atoms with E-state index in [0.717, 1.165) is 0 Å². The fourth-order valence-corrected chi connectivity index (χ4v) is 0.649. The number of aromatic nitrogens is 1. The molecule has 0 aliphatic rings. The lowest BCUT2D eigenvalue weighted by Gasteiger charge is -1.93. The second-order valence-electron chi connectivity index (χ2n) is 1.90. The molecule has 0 fully saturated rings. The van der Waals surface area contributed by atoms with Crippen molar-refractivity contribution in [2.75, 3.05) is 0 Å². The molecule has 60 valence electrons. The van der Waals surface area contributed by atoms with Crippen LogP contribution in [-0.4, -0.2) is 10.8 Å². The molecule has 1 aromatic heterocycles.